The van der Waals surface area contributed by atoms with Gasteiger partial charge in [-0.3, -0.25) is 9.78 Å². The molecule has 1 amide bonds. The summed E-state index contributed by atoms with van der Waals surface area (Å²) in [5.74, 6) is -0.286. The van der Waals surface area contributed by atoms with E-state index in [0.29, 0.717) is 18.8 Å². The zero-order valence-electron chi connectivity index (χ0n) is 14.0. The molecule has 1 aliphatic heterocycles. The fraction of sp³-hybridized carbons (Fsp3) is 0.211. The molecule has 1 fully saturated rings. The van der Waals surface area contributed by atoms with E-state index in [1.54, 1.807) is 29.9 Å². The molecule has 1 aromatic carbocycles. The molecular weight excluding hydrogens is 351 g/mol. The van der Waals surface area contributed by atoms with Gasteiger partial charge in [-0.2, -0.15) is 0 Å². The van der Waals surface area contributed by atoms with Gasteiger partial charge in [-0.05, 0) is 36.4 Å². The summed E-state index contributed by atoms with van der Waals surface area (Å²) in [5.41, 5.74) is 2.37. The van der Waals surface area contributed by atoms with Crippen molar-refractivity contribution in [1.82, 2.24) is 14.9 Å². The van der Waals surface area contributed by atoms with Crippen LogP contribution in [0.4, 0.5) is 10.1 Å². The van der Waals surface area contributed by atoms with Crippen LogP contribution in [0.2, 0.25) is 0 Å². The lowest BCUT2D eigenvalue weighted by atomic mass is 10.2. The Hall–Kier alpha value is -2.80. The van der Waals surface area contributed by atoms with Crippen LogP contribution in [-0.4, -0.2) is 47.0 Å². The first-order valence-electron chi connectivity index (χ1n) is 8.36. The Morgan fingerprint density at radius 1 is 1.08 bits per heavy atom. The van der Waals surface area contributed by atoms with E-state index in [1.807, 2.05) is 17.0 Å². The van der Waals surface area contributed by atoms with Crippen molar-refractivity contribution in [1.29, 1.82) is 0 Å². The van der Waals surface area contributed by atoms with Gasteiger partial charge >= 0.3 is 0 Å². The Morgan fingerprint density at radius 2 is 1.85 bits per heavy atom. The maximum atomic E-state index is 13.1. The third kappa shape index (κ3) is 3.43. The van der Waals surface area contributed by atoms with Gasteiger partial charge in [0.2, 0.25) is 0 Å². The maximum absolute atomic E-state index is 13.1. The molecule has 0 spiro atoms. The number of hydrogen-bond acceptors (Lipinski definition) is 5. The van der Waals surface area contributed by atoms with Crippen LogP contribution < -0.4 is 4.90 Å². The van der Waals surface area contributed by atoms with Crippen LogP contribution in [0.3, 0.4) is 0 Å². The highest BCUT2D eigenvalue weighted by Crippen LogP contribution is 2.24. The van der Waals surface area contributed by atoms with Crippen molar-refractivity contribution < 1.29 is 9.18 Å². The van der Waals surface area contributed by atoms with Gasteiger partial charge in [0.1, 0.15) is 16.5 Å². The van der Waals surface area contributed by atoms with Crippen LogP contribution in [0.1, 0.15) is 10.5 Å². The lowest BCUT2D eigenvalue weighted by Gasteiger charge is -2.35. The monoisotopic (exact) mass is 368 g/mol. The molecule has 3 heterocycles. The van der Waals surface area contributed by atoms with E-state index in [0.717, 1.165) is 29.3 Å². The molecule has 0 unspecified atom stereocenters. The van der Waals surface area contributed by atoms with E-state index in [1.165, 1.54) is 23.5 Å². The average molecular weight is 368 g/mol. The average Bonchev–Trinajstić information content (AvgIpc) is 3.19. The van der Waals surface area contributed by atoms with Crippen molar-refractivity contribution in [3.8, 4) is 10.6 Å². The molecule has 26 heavy (non-hydrogen) atoms. The first-order chi connectivity index (χ1) is 12.7. The van der Waals surface area contributed by atoms with Gasteiger partial charge in [0, 0.05) is 55.2 Å². The zero-order chi connectivity index (χ0) is 17.9. The smallest absolute Gasteiger partial charge is 0.273 e. The lowest BCUT2D eigenvalue weighted by molar-refractivity contribution is 0.0742. The molecule has 3 aromatic rings. The van der Waals surface area contributed by atoms with Gasteiger partial charge < -0.3 is 9.80 Å². The number of pyridine rings is 1. The number of aromatic nitrogens is 2. The summed E-state index contributed by atoms with van der Waals surface area (Å²) in [5, 5.41) is 2.60. The minimum atomic E-state index is -0.240. The SMILES string of the molecule is O=C(c1csc(-c2cccnc2)n1)N1CCN(c2ccc(F)cc2)CC1. The third-order valence-electron chi connectivity index (χ3n) is 4.39. The predicted octanol–water partition coefficient (Wildman–Crippen LogP) is 3.31. The highest BCUT2D eigenvalue weighted by atomic mass is 32.1. The fourth-order valence-electron chi connectivity index (χ4n) is 2.98. The summed E-state index contributed by atoms with van der Waals surface area (Å²) in [4.78, 5) is 25.3. The molecule has 0 saturated carbocycles. The summed E-state index contributed by atoms with van der Waals surface area (Å²) < 4.78 is 13.1. The van der Waals surface area contributed by atoms with Crippen molar-refractivity contribution in [2.45, 2.75) is 0 Å². The number of piperazine rings is 1. The van der Waals surface area contributed by atoms with Crippen molar-refractivity contribution >= 4 is 22.9 Å². The van der Waals surface area contributed by atoms with E-state index in [4.69, 9.17) is 0 Å². The van der Waals surface area contributed by atoms with Crippen molar-refractivity contribution in [2.75, 3.05) is 31.1 Å². The van der Waals surface area contributed by atoms with Crippen molar-refractivity contribution in [2.24, 2.45) is 0 Å². The molecule has 0 N–H and O–H groups in total. The number of amides is 1. The molecule has 5 nitrogen and oxygen atoms in total. The molecule has 7 heteroatoms. The number of halogens is 1. The quantitative estimate of drug-likeness (QED) is 0.712. The van der Waals surface area contributed by atoms with Gasteiger partial charge in [0.05, 0.1) is 0 Å². The Bertz CT molecular complexity index is 889. The first-order valence-corrected chi connectivity index (χ1v) is 9.24. The van der Waals surface area contributed by atoms with Crippen molar-refractivity contribution in [3.63, 3.8) is 0 Å². The minimum Gasteiger partial charge on any atom is -0.368 e. The Labute approximate surface area is 154 Å². The van der Waals surface area contributed by atoms with Crippen LogP contribution in [0.5, 0.6) is 0 Å². The zero-order valence-corrected chi connectivity index (χ0v) is 14.8. The molecule has 2 aromatic heterocycles. The first kappa shape index (κ1) is 16.7. The Balaban J connectivity index is 1.41. The number of carbonyl (C=O) groups is 1. The molecule has 1 saturated heterocycles. The highest BCUT2D eigenvalue weighted by Gasteiger charge is 2.24. The number of nitrogens with zero attached hydrogens (tertiary/aromatic N) is 4. The van der Waals surface area contributed by atoms with E-state index < -0.39 is 0 Å². The maximum Gasteiger partial charge on any atom is 0.273 e. The molecule has 0 atom stereocenters. The number of hydrogen-bond donors (Lipinski definition) is 0. The predicted molar refractivity (Wildman–Crippen MR) is 99.9 cm³/mol. The molecule has 0 radical (unpaired) electrons. The standard InChI is InChI=1S/C19H17FN4OS/c20-15-3-5-16(6-4-15)23-8-10-24(11-9-23)19(25)17-13-26-18(22-17)14-2-1-7-21-12-14/h1-7,12-13H,8-11H2. The Morgan fingerprint density at radius 3 is 2.54 bits per heavy atom. The number of anilines is 1. The molecular formula is C19H17FN4OS. The summed E-state index contributed by atoms with van der Waals surface area (Å²) in [6.45, 7) is 2.68. The van der Waals surface area contributed by atoms with Gasteiger partial charge in [-0.1, -0.05) is 0 Å². The third-order valence-corrected chi connectivity index (χ3v) is 5.28. The van der Waals surface area contributed by atoms with Crippen LogP contribution in [0.15, 0.2) is 54.2 Å². The summed E-state index contributed by atoms with van der Waals surface area (Å²) in [6.07, 6.45) is 3.46. The van der Waals surface area contributed by atoms with Crippen LogP contribution >= 0.6 is 11.3 Å². The fourth-order valence-corrected chi connectivity index (χ4v) is 3.76. The number of benzene rings is 1. The van der Waals surface area contributed by atoms with Crippen LogP contribution in [-0.2, 0) is 0 Å². The number of carbonyl (C=O) groups excluding carboxylic acids is 1. The second kappa shape index (κ2) is 7.21. The normalized spacial score (nSPS) is 14.5. The summed E-state index contributed by atoms with van der Waals surface area (Å²) in [7, 11) is 0. The minimum absolute atomic E-state index is 0.0462. The largest absolute Gasteiger partial charge is 0.368 e. The van der Waals surface area contributed by atoms with E-state index >= 15 is 0 Å². The van der Waals surface area contributed by atoms with Gasteiger partial charge in [0.25, 0.3) is 5.91 Å². The molecule has 4 rings (SSSR count). The topological polar surface area (TPSA) is 49.3 Å². The Kier molecular flexibility index (Phi) is 4.62. The van der Waals surface area contributed by atoms with Gasteiger partial charge in [-0.15, -0.1) is 11.3 Å². The van der Waals surface area contributed by atoms with E-state index in [-0.39, 0.29) is 11.7 Å². The van der Waals surface area contributed by atoms with E-state index in [2.05, 4.69) is 14.9 Å². The van der Waals surface area contributed by atoms with E-state index in [9.17, 15) is 9.18 Å². The lowest BCUT2D eigenvalue weighted by Crippen LogP contribution is -2.48. The van der Waals surface area contributed by atoms with Crippen LogP contribution in [0.25, 0.3) is 10.6 Å². The van der Waals surface area contributed by atoms with Crippen LogP contribution in [0, 0.1) is 5.82 Å². The summed E-state index contributed by atoms with van der Waals surface area (Å²) >= 11 is 1.45. The van der Waals surface area contributed by atoms with Crippen molar-refractivity contribution in [3.05, 3.63) is 65.7 Å². The second-order valence-corrected chi connectivity index (χ2v) is 6.89. The molecule has 132 valence electrons. The molecule has 1 aliphatic rings. The second-order valence-electron chi connectivity index (χ2n) is 6.04. The number of rotatable bonds is 3. The van der Waals surface area contributed by atoms with Gasteiger partial charge in [0.15, 0.2) is 0 Å². The summed E-state index contributed by atoms with van der Waals surface area (Å²) in [6, 6.07) is 10.2. The molecule has 0 bridgehead atoms. The van der Waals surface area contributed by atoms with Gasteiger partial charge in [-0.25, -0.2) is 9.37 Å². The molecule has 0 aliphatic carbocycles. The number of thiazole rings is 1. The highest BCUT2D eigenvalue weighted by molar-refractivity contribution is 7.13.